The van der Waals surface area contributed by atoms with Crippen molar-refractivity contribution in [3.05, 3.63) is 65.8 Å². The summed E-state index contributed by atoms with van der Waals surface area (Å²) in [6.45, 7) is 12.9. The molecule has 3 heterocycles. The monoisotopic (exact) mass is 433 g/mol. The summed E-state index contributed by atoms with van der Waals surface area (Å²) >= 11 is 0. The van der Waals surface area contributed by atoms with E-state index in [1.165, 1.54) is 42.6 Å². The Hall–Kier alpha value is -2.53. The van der Waals surface area contributed by atoms with Crippen LogP contribution in [0.1, 0.15) is 58.1 Å². The van der Waals surface area contributed by atoms with Crippen LogP contribution in [-0.2, 0) is 0 Å². The van der Waals surface area contributed by atoms with Crippen molar-refractivity contribution in [2.24, 2.45) is 11.7 Å². The topological polar surface area (TPSA) is 57.4 Å². The zero-order chi connectivity index (χ0) is 22.5. The first-order valence-corrected chi connectivity index (χ1v) is 12.4. The number of aromatic nitrogens is 1. The largest absolute Gasteiger partial charge is 0.397 e. The Morgan fingerprint density at radius 2 is 2.00 bits per heavy atom. The van der Waals surface area contributed by atoms with Gasteiger partial charge in [-0.25, -0.2) is 0 Å². The van der Waals surface area contributed by atoms with Crippen LogP contribution >= 0.6 is 0 Å². The number of pyridine rings is 1. The van der Waals surface area contributed by atoms with Gasteiger partial charge in [-0.05, 0) is 55.9 Å². The van der Waals surface area contributed by atoms with Gasteiger partial charge in [0, 0.05) is 49.5 Å². The van der Waals surface area contributed by atoms with E-state index in [-0.39, 0.29) is 0 Å². The molecule has 4 rings (SSSR count). The van der Waals surface area contributed by atoms with Crippen LogP contribution in [0.5, 0.6) is 0 Å². The number of piperazine rings is 1. The van der Waals surface area contributed by atoms with Crippen LogP contribution in [0.2, 0.25) is 0 Å². The molecular formula is C27H39N5. The van der Waals surface area contributed by atoms with Crippen molar-refractivity contribution in [1.82, 2.24) is 15.2 Å². The van der Waals surface area contributed by atoms with Gasteiger partial charge in [-0.3, -0.25) is 9.88 Å². The molecule has 1 aromatic rings. The van der Waals surface area contributed by atoms with E-state index in [9.17, 15) is 0 Å². The number of nitrogens with one attached hydrogen (secondary N) is 1. The molecule has 3 aliphatic rings. The average Bonchev–Trinajstić information content (AvgIpc) is 2.84. The van der Waals surface area contributed by atoms with Gasteiger partial charge in [0.2, 0.25) is 0 Å². The van der Waals surface area contributed by atoms with Crippen LogP contribution in [0, 0.1) is 5.92 Å². The van der Waals surface area contributed by atoms with Crippen LogP contribution in [0.3, 0.4) is 0 Å². The quantitative estimate of drug-likeness (QED) is 0.674. The Morgan fingerprint density at radius 3 is 2.66 bits per heavy atom. The zero-order valence-corrected chi connectivity index (χ0v) is 19.8. The van der Waals surface area contributed by atoms with Gasteiger partial charge in [0.05, 0.1) is 23.3 Å². The lowest BCUT2D eigenvalue weighted by Gasteiger charge is -2.43. The number of dihydropyridines is 1. The summed E-state index contributed by atoms with van der Waals surface area (Å²) in [5, 5.41) is 3.61. The number of nitrogens with zero attached hydrogens (tertiary/aromatic N) is 3. The SMILES string of the molecule is C=C1NC(C2CCCC(N3CCN(c4ccc(/C(N)=C\CC)nc4)CC3)C2)=CC=C1CC. The predicted molar refractivity (Wildman–Crippen MR) is 135 cm³/mol. The highest BCUT2D eigenvalue weighted by atomic mass is 15.3. The molecule has 1 aromatic heterocycles. The van der Waals surface area contributed by atoms with Crippen LogP contribution in [0.25, 0.3) is 5.70 Å². The molecule has 172 valence electrons. The third-order valence-corrected chi connectivity index (χ3v) is 7.28. The van der Waals surface area contributed by atoms with E-state index in [0.29, 0.717) is 12.0 Å². The third kappa shape index (κ3) is 5.09. The standard InChI is InChI=1S/C27H39N5/c1-4-7-25(28)27-13-11-24(19-29-27)32-16-14-31(15-17-32)23-9-6-8-22(18-23)26-12-10-21(5-2)20(3)30-26/h7,10-13,19,22-23,30H,3-6,8-9,14-18,28H2,1-2H3/b25-7+. The first kappa shape index (κ1) is 22.7. The lowest BCUT2D eigenvalue weighted by atomic mass is 9.81. The van der Waals surface area contributed by atoms with E-state index in [4.69, 9.17) is 5.73 Å². The van der Waals surface area contributed by atoms with Gasteiger partial charge in [-0.15, -0.1) is 0 Å². The summed E-state index contributed by atoms with van der Waals surface area (Å²) in [6, 6.07) is 4.89. The van der Waals surface area contributed by atoms with Crippen molar-refractivity contribution in [2.45, 2.75) is 58.4 Å². The Labute approximate surface area is 193 Å². The van der Waals surface area contributed by atoms with Crippen molar-refractivity contribution in [3.8, 4) is 0 Å². The summed E-state index contributed by atoms with van der Waals surface area (Å²) in [7, 11) is 0. The van der Waals surface area contributed by atoms with Gasteiger partial charge >= 0.3 is 0 Å². The van der Waals surface area contributed by atoms with Gasteiger partial charge < -0.3 is 16.0 Å². The molecule has 1 saturated carbocycles. The number of anilines is 1. The third-order valence-electron chi connectivity index (χ3n) is 7.28. The van der Waals surface area contributed by atoms with E-state index in [1.54, 1.807) is 0 Å². The Kier molecular flexibility index (Phi) is 7.36. The van der Waals surface area contributed by atoms with Crippen molar-refractivity contribution < 1.29 is 0 Å². The summed E-state index contributed by atoms with van der Waals surface area (Å²) < 4.78 is 0. The molecule has 0 radical (unpaired) electrons. The summed E-state index contributed by atoms with van der Waals surface area (Å²) in [5.74, 6) is 0.622. The number of nitrogens with two attached hydrogens (primary N) is 1. The second kappa shape index (κ2) is 10.4. The maximum atomic E-state index is 6.08. The van der Waals surface area contributed by atoms with Crippen LogP contribution < -0.4 is 16.0 Å². The van der Waals surface area contributed by atoms with Gasteiger partial charge in [0.15, 0.2) is 0 Å². The lowest BCUT2D eigenvalue weighted by Crippen LogP contribution is -2.51. The maximum absolute atomic E-state index is 6.08. The molecule has 32 heavy (non-hydrogen) atoms. The molecule has 2 atom stereocenters. The van der Waals surface area contributed by atoms with E-state index < -0.39 is 0 Å². The molecule has 0 bridgehead atoms. The van der Waals surface area contributed by atoms with Crippen LogP contribution in [-0.4, -0.2) is 42.1 Å². The van der Waals surface area contributed by atoms with Crippen LogP contribution in [0.4, 0.5) is 5.69 Å². The van der Waals surface area contributed by atoms with E-state index >= 15 is 0 Å². The van der Waals surface area contributed by atoms with E-state index in [2.05, 4.69) is 58.7 Å². The minimum atomic E-state index is 0.622. The first-order valence-electron chi connectivity index (χ1n) is 12.4. The summed E-state index contributed by atoms with van der Waals surface area (Å²) in [5.41, 5.74) is 12.7. The number of rotatable bonds is 6. The molecule has 0 spiro atoms. The van der Waals surface area contributed by atoms with Crippen molar-refractivity contribution in [2.75, 3.05) is 31.1 Å². The summed E-state index contributed by atoms with van der Waals surface area (Å²) in [4.78, 5) is 9.77. The van der Waals surface area contributed by atoms with Crippen molar-refractivity contribution in [1.29, 1.82) is 0 Å². The molecule has 5 heteroatoms. The Balaban J connectivity index is 1.32. The second-order valence-electron chi connectivity index (χ2n) is 9.28. The average molecular weight is 434 g/mol. The summed E-state index contributed by atoms with van der Waals surface area (Å²) in [6.07, 6.45) is 15.7. The van der Waals surface area contributed by atoms with Gasteiger partial charge in [-0.2, -0.15) is 0 Å². The van der Waals surface area contributed by atoms with Gasteiger partial charge in [0.25, 0.3) is 0 Å². The molecule has 3 N–H and O–H groups in total. The van der Waals surface area contributed by atoms with Crippen molar-refractivity contribution in [3.63, 3.8) is 0 Å². The normalized spacial score (nSPS) is 25.2. The van der Waals surface area contributed by atoms with E-state index in [1.807, 2.05) is 18.3 Å². The highest BCUT2D eigenvalue weighted by Gasteiger charge is 2.31. The fourth-order valence-corrected chi connectivity index (χ4v) is 5.35. The van der Waals surface area contributed by atoms with Crippen LogP contribution in [0.15, 0.2) is 60.1 Å². The lowest BCUT2D eigenvalue weighted by molar-refractivity contribution is 0.130. The fraction of sp³-hybridized carbons (Fsp3) is 0.519. The van der Waals surface area contributed by atoms with Crippen molar-refractivity contribution >= 4 is 11.4 Å². The zero-order valence-electron chi connectivity index (χ0n) is 19.8. The fourth-order valence-electron chi connectivity index (χ4n) is 5.35. The minimum absolute atomic E-state index is 0.622. The van der Waals surface area contributed by atoms with Gasteiger partial charge in [0.1, 0.15) is 0 Å². The molecule has 2 aliphatic heterocycles. The molecule has 2 unspecified atom stereocenters. The predicted octanol–water partition coefficient (Wildman–Crippen LogP) is 4.81. The van der Waals surface area contributed by atoms with Gasteiger partial charge in [-0.1, -0.05) is 39.0 Å². The highest BCUT2D eigenvalue weighted by molar-refractivity contribution is 5.61. The molecule has 2 fully saturated rings. The smallest absolute Gasteiger partial charge is 0.0857 e. The first-order chi connectivity index (χ1) is 15.6. The van der Waals surface area contributed by atoms with E-state index in [0.717, 1.165) is 56.1 Å². The Morgan fingerprint density at radius 1 is 1.19 bits per heavy atom. The molecule has 1 saturated heterocycles. The second-order valence-corrected chi connectivity index (χ2v) is 9.28. The maximum Gasteiger partial charge on any atom is 0.0857 e. The molecule has 0 aromatic carbocycles. The number of hydrogen-bond acceptors (Lipinski definition) is 5. The molecule has 0 amide bonds. The Bertz CT molecular complexity index is 887. The number of hydrogen-bond donors (Lipinski definition) is 2. The molecule has 1 aliphatic carbocycles. The molecular weight excluding hydrogens is 394 g/mol. The highest BCUT2D eigenvalue weighted by Crippen LogP contribution is 2.34. The number of allylic oxidation sites excluding steroid dienone is 5. The minimum Gasteiger partial charge on any atom is -0.397 e. The molecule has 5 nitrogen and oxygen atoms in total.